The van der Waals surface area contributed by atoms with E-state index < -0.39 is 4.92 Å². The van der Waals surface area contributed by atoms with Crippen molar-refractivity contribution in [3.8, 4) is 11.5 Å². The standard InChI is InChI=1S/C16H14N2O5/c19-14(12-2-4-13(5-3-12)18(20)21)9-17-8-11-1-6-15-16(7-11)23-10-22-15/h1-7,17H,8-10H2. The maximum absolute atomic E-state index is 12.0. The summed E-state index contributed by atoms with van der Waals surface area (Å²) >= 11 is 0. The number of ether oxygens (including phenoxy) is 2. The predicted molar refractivity (Wildman–Crippen MR) is 81.7 cm³/mol. The Hall–Kier alpha value is -2.93. The zero-order valence-corrected chi connectivity index (χ0v) is 12.2. The molecule has 0 saturated carbocycles. The Balaban J connectivity index is 1.54. The smallest absolute Gasteiger partial charge is 0.269 e. The second-order valence-corrected chi connectivity index (χ2v) is 5.02. The van der Waals surface area contributed by atoms with Gasteiger partial charge in [-0.15, -0.1) is 0 Å². The number of nitro benzene ring substituents is 1. The van der Waals surface area contributed by atoms with Crippen LogP contribution in [0.25, 0.3) is 0 Å². The zero-order valence-electron chi connectivity index (χ0n) is 12.2. The van der Waals surface area contributed by atoms with E-state index in [1.807, 2.05) is 18.2 Å². The molecule has 0 aromatic heterocycles. The van der Waals surface area contributed by atoms with Gasteiger partial charge < -0.3 is 14.8 Å². The average molecular weight is 314 g/mol. The number of hydrogen-bond acceptors (Lipinski definition) is 6. The Labute approximate surface area is 132 Å². The summed E-state index contributed by atoms with van der Waals surface area (Å²) in [6, 6.07) is 11.2. The summed E-state index contributed by atoms with van der Waals surface area (Å²) in [4.78, 5) is 22.1. The molecule has 0 spiro atoms. The van der Waals surface area contributed by atoms with Crippen molar-refractivity contribution in [1.29, 1.82) is 0 Å². The third kappa shape index (κ3) is 3.46. The van der Waals surface area contributed by atoms with Crippen LogP contribution in [0.15, 0.2) is 42.5 Å². The van der Waals surface area contributed by atoms with E-state index in [1.54, 1.807) is 0 Å². The van der Waals surface area contributed by atoms with Crippen LogP contribution in [-0.4, -0.2) is 24.0 Å². The lowest BCUT2D eigenvalue weighted by molar-refractivity contribution is -0.384. The van der Waals surface area contributed by atoms with Crippen molar-refractivity contribution >= 4 is 11.5 Å². The monoisotopic (exact) mass is 314 g/mol. The highest BCUT2D eigenvalue weighted by molar-refractivity contribution is 5.97. The molecule has 1 aliphatic rings. The number of nitrogens with zero attached hydrogens (tertiary/aromatic N) is 1. The van der Waals surface area contributed by atoms with Crippen molar-refractivity contribution < 1.29 is 19.2 Å². The molecule has 0 bridgehead atoms. The van der Waals surface area contributed by atoms with Crippen LogP contribution < -0.4 is 14.8 Å². The summed E-state index contributed by atoms with van der Waals surface area (Å²) in [5.41, 5.74) is 1.38. The van der Waals surface area contributed by atoms with Gasteiger partial charge in [-0.3, -0.25) is 14.9 Å². The number of carbonyl (C=O) groups excluding carboxylic acids is 1. The molecule has 118 valence electrons. The van der Waals surface area contributed by atoms with Crippen molar-refractivity contribution in [3.05, 3.63) is 63.7 Å². The number of carbonyl (C=O) groups is 1. The van der Waals surface area contributed by atoms with Gasteiger partial charge in [-0.05, 0) is 29.8 Å². The van der Waals surface area contributed by atoms with E-state index in [9.17, 15) is 14.9 Å². The lowest BCUT2D eigenvalue weighted by Gasteiger charge is -2.05. The summed E-state index contributed by atoms with van der Waals surface area (Å²) < 4.78 is 10.5. The van der Waals surface area contributed by atoms with E-state index in [0.29, 0.717) is 17.9 Å². The van der Waals surface area contributed by atoms with Crippen LogP contribution in [0.3, 0.4) is 0 Å². The van der Waals surface area contributed by atoms with Gasteiger partial charge in [0.25, 0.3) is 5.69 Å². The van der Waals surface area contributed by atoms with E-state index in [0.717, 1.165) is 11.3 Å². The quantitative estimate of drug-likeness (QED) is 0.500. The molecule has 0 radical (unpaired) electrons. The molecule has 7 nitrogen and oxygen atoms in total. The van der Waals surface area contributed by atoms with Gasteiger partial charge in [0.05, 0.1) is 11.5 Å². The molecular weight excluding hydrogens is 300 g/mol. The van der Waals surface area contributed by atoms with Crippen LogP contribution >= 0.6 is 0 Å². The highest BCUT2D eigenvalue weighted by atomic mass is 16.7. The lowest BCUT2D eigenvalue weighted by atomic mass is 10.1. The normalized spacial score (nSPS) is 12.2. The van der Waals surface area contributed by atoms with Crippen LogP contribution in [0.5, 0.6) is 11.5 Å². The second kappa shape index (κ2) is 6.45. The van der Waals surface area contributed by atoms with Gasteiger partial charge in [-0.1, -0.05) is 6.07 Å². The first-order valence-corrected chi connectivity index (χ1v) is 7.00. The molecular formula is C16H14N2O5. The Bertz CT molecular complexity index is 743. The minimum atomic E-state index is -0.494. The summed E-state index contributed by atoms with van der Waals surface area (Å²) in [6.45, 7) is 0.881. The lowest BCUT2D eigenvalue weighted by Crippen LogP contribution is -2.22. The minimum absolute atomic E-state index is 0.0325. The van der Waals surface area contributed by atoms with E-state index in [2.05, 4.69) is 5.32 Å². The summed E-state index contributed by atoms with van der Waals surface area (Å²) in [5.74, 6) is 1.29. The molecule has 0 unspecified atom stereocenters. The van der Waals surface area contributed by atoms with Crippen LogP contribution in [0, 0.1) is 10.1 Å². The highest BCUT2D eigenvalue weighted by Crippen LogP contribution is 2.32. The minimum Gasteiger partial charge on any atom is -0.454 e. The topological polar surface area (TPSA) is 90.7 Å². The van der Waals surface area contributed by atoms with Crippen molar-refractivity contribution in [2.75, 3.05) is 13.3 Å². The Morgan fingerprint density at radius 3 is 2.61 bits per heavy atom. The second-order valence-electron chi connectivity index (χ2n) is 5.02. The number of benzene rings is 2. The first-order chi connectivity index (χ1) is 11.1. The predicted octanol–water partition coefficient (Wildman–Crippen LogP) is 2.30. The summed E-state index contributed by atoms with van der Waals surface area (Å²) in [7, 11) is 0. The molecule has 0 saturated heterocycles. The number of non-ortho nitro benzene ring substituents is 1. The number of Topliss-reactive ketones (excluding diaryl/α,β-unsaturated/α-hetero) is 1. The van der Waals surface area contributed by atoms with Gasteiger partial charge in [0.15, 0.2) is 17.3 Å². The van der Waals surface area contributed by atoms with Crippen molar-refractivity contribution in [2.24, 2.45) is 0 Å². The number of fused-ring (bicyclic) bond motifs is 1. The van der Waals surface area contributed by atoms with E-state index >= 15 is 0 Å². The molecule has 1 N–H and O–H groups in total. The first-order valence-electron chi connectivity index (χ1n) is 7.00. The fourth-order valence-corrected chi connectivity index (χ4v) is 2.24. The Kier molecular flexibility index (Phi) is 4.20. The molecule has 1 heterocycles. The molecule has 0 fully saturated rings. The molecule has 2 aromatic carbocycles. The number of nitrogens with one attached hydrogen (secondary N) is 1. The van der Waals surface area contributed by atoms with E-state index in [1.165, 1.54) is 24.3 Å². The fourth-order valence-electron chi connectivity index (χ4n) is 2.24. The molecule has 0 atom stereocenters. The van der Waals surface area contributed by atoms with Crippen LogP contribution in [0.2, 0.25) is 0 Å². The van der Waals surface area contributed by atoms with E-state index in [4.69, 9.17) is 9.47 Å². The number of rotatable bonds is 6. The highest BCUT2D eigenvalue weighted by Gasteiger charge is 2.13. The van der Waals surface area contributed by atoms with E-state index in [-0.39, 0.29) is 24.8 Å². The van der Waals surface area contributed by atoms with Gasteiger partial charge >= 0.3 is 0 Å². The Morgan fingerprint density at radius 2 is 1.87 bits per heavy atom. The van der Waals surface area contributed by atoms with Crippen LogP contribution in [-0.2, 0) is 6.54 Å². The average Bonchev–Trinajstić information content (AvgIpc) is 3.02. The van der Waals surface area contributed by atoms with Gasteiger partial charge in [0, 0.05) is 24.2 Å². The fraction of sp³-hybridized carbons (Fsp3) is 0.188. The van der Waals surface area contributed by atoms with Crippen LogP contribution in [0.4, 0.5) is 5.69 Å². The third-order valence-corrected chi connectivity index (χ3v) is 3.45. The summed E-state index contributed by atoms with van der Waals surface area (Å²) in [5, 5.41) is 13.6. The third-order valence-electron chi connectivity index (χ3n) is 3.45. The Morgan fingerprint density at radius 1 is 1.13 bits per heavy atom. The maximum atomic E-state index is 12.0. The largest absolute Gasteiger partial charge is 0.454 e. The molecule has 1 aliphatic heterocycles. The molecule has 2 aromatic rings. The SMILES string of the molecule is O=C(CNCc1ccc2c(c1)OCO2)c1ccc([N+](=O)[O-])cc1. The van der Waals surface area contributed by atoms with Crippen molar-refractivity contribution in [1.82, 2.24) is 5.32 Å². The summed E-state index contributed by atoms with van der Waals surface area (Å²) in [6.07, 6.45) is 0. The molecule has 3 rings (SSSR count). The number of hydrogen-bond donors (Lipinski definition) is 1. The van der Waals surface area contributed by atoms with Gasteiger partial charge in [0.2, 0.25) is 6.79 Å². The van der Waals surface area contributed by atoms with Crippen molar-refractivity contribution in [2.45, 2.75) is 6.54 Å². The number of nitro groups is 1. The first kappa shape index (κ1) is 15.0. The van der Waals surface area contributed by atoms with Crippen LogP contribution in [0.1, 0.15) is 15.9 Å². The zero-order chi connectivity index (χ0) is 16.2. The maximum Gasteiger partial charge on any atom is 0.269 e. The molecule has 23 heavy (non-hydrogen) atoms. The molecule has 7 heteroatoms. The number of ketones is 1. The van der Waals surface area contributed by atoms with Gasteiger partial charge in [-0.2, -0.15) is 0 Å². The van der Waals surface area contributed by atoms with Gasteiger partial charge in [0.1, 0.15) is 0 Å². The van der Waals surface area contributed by atoms with Crippen molar-refractivity contribution in [3.63, 3.8) is 0 Å². The molecule has 0 amide bonds. The molecule has 0 aliphatic carbocycles. The van der Waals surface area contributed by atoms with Gasteiger partial charge in [-0.25, -0.2) is 0 Å².